The number of anilines is 1. The summed E-state index contributed by atoms with van der Waals surface area (Å²) >= 11 is 1.37. The number of esters is 2. The number of benzene rings is 2. The first-order valence-corrected chi connectivity index (χ1v) is 14.5. The predicted molar refractivity (Wildman–Crippen MR) is 156 cm³/mol. The number of hydrogen-bond acceptors (Lipinski definition) is 10. The van der Waals surface area contributed by atoms with E-state index in [0.717, 1.165) is 4.88 Å². The van der Waals surface area contributed by atoms with Crippen molar-refractivity contribution in [1.82, 2.24) is 0 Å². The van der Waals surface area contributed by atoms with Crippen molar-refractivity contribution in [2.24, 2.45) is 11.7 Å². The molecule has 5 rings (SSSR count). The quantitative estimate of drug-likeness (QED) is 0.156. The number of nitrogens with zero attached hydrogens (tertiary/aromatic N) is 2. The first-order chi connectivity index (χ1) is 20.7. The number of carbonyl (C=O) groups excluding carboxylic acids is 3. The first-order valence-electron chi connectivity index (χ1n) is 13.6. The van der Waals surface area contributed by atoms with Gasteiger partial charge in [-0.1, -0.05) is 24.3 Å². The Kier molecular flexibility index (Phi) is 8.40. The van der Waals surface area contributed by atoms with Gasteiger partial charge in [-0.15, -0.1) is 11.3 Å². The number of non-ortho nitro benzene ring substituents is 1. The third-order valence-corrected chi connectivity index (χ3v) is 8.47. The van der Waals surface area contributed by atoms with Crippen LogP contribution in [0.25, 0.3) is 0 Å². The van der Waals surface area contributed by atoms with E-state index < -0.39 is 46.2 Å². The fourth-order valence-electron chi connectivity index (χ4n) is 5.77. The maximum Gasteiger partial charge on any atom is 0.338 e. The molecule has 0 saturated heterocycles. The topological polar surface area (TPSA) is 142 Å². The molecule has 1 aliphatic carbocycles. The molecule has 1 aliphatic heterocycles. The monoisotopic (exact) mass is 605 g/mol. The molecule has 43 heavy (non-hydrogen) atoms. The second-order valence-corrected chi connectivity index (χ2v) is 10.9. The van der Waals surface area contributed by atoms with Gasteiger partial charge in [0.15, 0.2) is 5.78 Å². The van der Waals surface area contributed by atoms with Crippen molar-refractivity contribution in [2.75, 3.05) is 18.1 Å². The number of Topliss-reactive ketones (excluding diaryl/α,β-unsaturated/α-hetero) is 1. The number of nitro groups is 1. The van der Waals surface area contributed by atoms with Crippen LogP contribution in [0.15, 0.2) is 88.7 Å². The minimum Gasteiger partial charge on any atom is -0.465 e. The summed E-state index contributed by atoms with van der Waals surface area (Å²) in [6.07, 6.45) is 0.101. The average Bonchev–Trinajstić information content (AvgIpc) is 3.51. The van der Waals surface area contributed by atoms with Gasteiger partial charge in [0.2, 0.25) is 0 Å². The Balaban J connectivity index is 1.84. The Morgan fingerprint density at radius 1 is 1.09 bits per heavy atom. The van der Waals surface area contributed by atoms with Gasteiger partial charge in [-0.3, -0.25) is 24.6 Å². The molecular formula is C31H28FN3O7S. The highest BCUT2D eigenvalue weighted by atomic mass is 32.1. The summed E-state index contributed by atoms with van der Waals surface area (Å²) in [5, 5.41) is 13.5. The number of ketones is 1. The van der Waals surface area contributed by atoms with Crippen molar-refractivity contribution >= 4 is 40.4 Å². The third-order valence-electron chi connectivity index (χ3n) is 7.46. The lowest BCUT2D eigenvalue weighted by atomic mass is 9.68. The van der Waals surface area contributed by atoms with E-state index in [9.17, 15) is 28.9 Å². The highest BCUT2D eigenvalue weighted by Gasteiger charge is 2.51. The minimum atomic E-state index is -1.27. The zero-order chi connectivity index (χ0) is 30.8. The number of hydrogen-bond donors (Lipinski definition) is 1. The minimum absolute atomic E-state index is 0.0248. The van der Waals surface area contributed by atoms with Gasteiger partial charge < -0.3 is 15.2 Å². The van der Waals surface area contributed by atoms with Crippen molar-refractivity contribution in [1.29, 1.82) is 0 Å². The summed E-state index contributed by atoms with van der Waals surface area (Å²) in [6, 6.07) is 14.7. The molecule has 0 unspecified atom stereocenters. The van der Waals surface area contributed by atoms with Gasteiger partial charge in [-0.25, -0.2) is 9.18 Å². The van der Waals surface area contributed by atoms with E-state index in [-0.39, 0.29) is 53.5 Å². The maximum absolute atomic E-state index is 14.7. The number of halogens is 1. The van der Waals surface area contributed by atoms with Crippen molar-refractivity contribution < 1.29 is 33.2 Å². The van der Waals surface area contributed by atoms with Gasteiger partial charge in [-0.2, -0.15) is 0 Å². The highest BCUT2D eigenvalue weighted by Crippen LogP contribution is 2.52. The summed E-state index contributed by atoms with van der Waals surface area (Å²) in [7, 11) is 0. The molecule has 2 N–H and O–H groups in total. The van der Waals surface area contributed by atoms with E-state index in [1.165, 1.54) is 52.6 Å². The van der Waals surface area contributed by atoms with E-state index >= 15 is 0 Å². The van der Waals surface area contributed by atoms with Crippen molar-refractivity contribution in [3.63, 3.8) is 0 Å². The lowest BCUT2D eigenvalue weighted by Gasteiger charge is -2.43. The second kappa shape index (κ2) is 12.2. The number of nitro benzene ring substituents is 1. The molecule has 0 radical (unpaired) electrons. The Hall–Kier alpha value is -4.84. The summed E-state index contributed by atoms with van der Waals surface area (Å²) in [6.45, 7) is 3.25. The highest BCUT2D eigenvalue weighted by molar-refractivity contribution is 7.10. The van der Waals surface area contributed by atoms with E-state index in [4.69, 9.17) is 15.2 Å². The molecule has 3 atom stereocenters. The van der Waals surface area contributed by atoms with E-state index in [2.05, 4.69) is 0 Å². The van der Waals surface area contributed by atoms with Crippen molar-refractivity contribution in [3.8, 4) is 0 Å². The molecule has 12 heteroatoms. The molecule has 2 heterocycles. The lowest BCUT2D eigenvalue weighted by Crippen LogP contribution is -2.46. The zero-order valence-electron chi connectivity index (χ0n) is 23.3. The number of ether oxygens (including phenoxy) is 2. The SMILES string of the molecule is CCOC(=O)C1=C(N)N(c2cccc(F)c2)C2=C(C(=O)[C@@H](C(=O)OCC)[C@@H](c3cccs3)C2)[C@@H]1c1cccc([N+](=O)[O-])c1. The van der Waals surface area contributed by atoms with Crippen LogP contribution in [0.3, 0.4) is 0 Å². The summed E-state index contributed by atoms with van der Waals surface area (Å²) in [5.74, 6) is -6.03. The molecule has 2 aliphatic rings. The van der Waals surface area contributed by atoms with E-state index in [1.54, 1.807) is 32.0 Å². The Labute approximate surface area is 250 Å². The van der Waals surface area contributed by atoms with E-state index in [1.807, 2.05) is 11.4 Å². The van der Waals surface area contributed by atoms with Crippen LogP contribution in [-0.4, -0.2) is 35.9 Å². The Bertz CT molecular complexity index is 1670. The summed E-state index contributed by atoms with van der Waals surface area (Å²) in [5.41, 5.74) is 7.17. The predicted octanol–water partition coefficient (Wildman–Crippen LogP) is 5.32. The summed E-state index contributed by atoms with van der Waals surface area (Å²) in [4.78, 5) is 55.0. The van der Waals surface area contributed by atoms with Gasteiger partial charge >= 0.3 is 11.9 Å². The Morgan fingerprint density at radius 2 is 1.84 bits per heavy atom. The first kappa shape index (κ1) is 29.6. The fourth-order valence-corrected chi connectivity index (χ4v) is 6.64. The fraction of sp³-hybridized carbons (Fsp3) is 0.258. The number of nitrogens with two attached hydrogens (primary N) is 1. The molecule has 222 valence electrons. The van der Waals surface area contributed by atoms with Gasteiger partial charge in [0.1, 0.15) is 17.6 Å². The molecular weight excluding hydrogens is 577 g/mol. The molecule has 0 spiro atoms. The van der Waals surface area contributed by atoms with Crippen LogP contribution in [0, 0.1) is 21.8 Å². The average molecular weight is 606 g/mol. The molecule has 0 amide bonds. The van der Waals surface area contributed by atoms with Crippen LogP contribution < -0.4 is 10.6 Å². The molecule has 1 aromatic heterocycles. The molecule has 0 bridgehead atoms. The van der Waals surface area contributed by atoms with Crippen molar-refractivity contribution in [2.45, 2.75) is 32.1 Å². The number of thiophene rings is 1. The maximum atomic E-state index is 14.7. The number of rotatable bonds is 8. The van der Waals surface area contributed by atoms with Gasteiger partial charge in [-0.05, 0) is 55.5 Å². The van der Waals surface area contributed by atoms with Crippen LogP contribution in [0.4, 0.5) is 15.8 Å². The van der Waals surface area contributed by atoms with Crippen LogP contribution in [0.2, 0.25) is 0 Å². The lowest BCUT2D eigenvalue weighted by molar-refractivity contribution is -0.384. The third kappa shape index (κ3) is 5.41. The van der Waals surface area contributed by atoms with Crippen molar-refractivity contribution in [3.05, 3.63) is 115 Å². The zero-order valence-corrected chi connectivity index (χ0v) is 24.1. The van der Waals surface area contributed by atoms with Crippen LogP contribution in [-0.2, 0) is 23.9 Å². The normalized spacial score (nSPS) is 20.1. The standard InChI is InChI=1S/C31H28FN3O7S/c1-3-41-30(37)25-21(23-12-7-13-43-23)16-22-26(28(25)36)24(17-8-5-11-20(14-17)35(39)40)27(31(38)42-4-2)29(33)34(22)19-10-6-9-18(32)15-19/h5-15,21,24-25H,3-4,16,33H2,1-2H3/t21-,24+,25+/m1/s1. The number of allylic oxidation sites excluding steroid dienone is 2. The molecule has 10 nitrogen and oxygen atoms in total. The van der Waals surface area contributed by atoms with Gasteiger partial charge in [0, 0.05) is 34.2 Å². The smallest absolute Gasteiger partial charge is 0.338 e. The summed E-state index contributed by atoms with van der Waals surface area (Å²) < 4.78 is 25.3. The van der Waals surface area contributed by atoms with E-state index in [0.29, 0.717) is 5.70 Å². The molecule has 0 fully saturated rings. The largest absolute Gasteiger partial charge is 0.465 e. The van der Waals surface area contributed by atoms with Crippen LogP contribution >= 0.6 is 11.3 Å². The van der Waals surface area contributed by atoms with Crippen LogP contribution in [0.5, 0.6) is 0 Å². The molecule has 2 aromatic carbocycles. The Morgan fingerprint density at radius 3 is 2.49 bits per heavy atom. The number of carbonyl (C=O) groups is 3. The van der Waals surface area contributed by atoms with Crippen LogP contribution in [0.1, 0.15) is 42.5 Å². The van der Waals surface area contributed by atoms with Gasteiger partial charge in [0.05, 0.1) is 35.3 Å². The second-order valence-electron chi connectivity index (χ2n) is 9.90. The molecule has 3 aromatic rings. The molecule has 0 saturated carbocycles. The van der Waals surface area contributed by atoms with Gasteiger partial charge in [0.25, 0.3) is 5.69 Å².